The number of aromatic nitrogens is 2. The molecule has 6 nitrogen and oxygen atoms in total. The molecule has 0 amide bonds. The van der Waals surface area contributed by atoms with E-state index in [1.807, 2.05) is 66.7 Å². The van der Waals surface area contributed by atoms with E-state index in [2.05, 4.69) is 19.9 Å². The number of carbonyl (C=O) groups is 1. The van der Waals surface area contributed by atoms with Crippen molar-refractivity contribution in [2.75, 3.05) is 37.6 Å². The van der Waals surface area contributed by atoms with E-state index >= 15 is 0 Å². The zero-order valence-corrected chi connectivity index (χ0v) is 18.7. The first-order chi connectivity index (χ1) is 13.7. The molecule has 0 atom stereocenters. The van der Waals surface area contributed by atoms with E-state index in [4.69, 9.17) is 4.52 Å². The number of piperazine rings is 1. The van der Waals surface area contributed by atoms with Crippen molar-refractivity contribution in [1.29, 1.82) is 0 Å². The van der Waals surface area contributed by atoms with Gasteiger partial charge in [0.05, 0.1) is 5.69 Å². The molecule has 0 saturated carbocycles. The normalized spacial score (nSPS) is 13.2. The van der Waals surface area contributed by atoms with Crippen LogP contribution in [0.3, 0.4) is 0 Å². The van der Waals surface area contributed by atoms with Crippen molar-refractivity contribution in [3.8, 4) is 0 Å². The van der Waals surface area contributed by atoms with E-state index in [1.165, 1.54) is 0 Å². The Morgan fingerprint density at radius 2 is 1.68 bits per heavy atom. The van der Waals surface area contributed by atoms with Crippen LogP contribution in [0.1, 0.15) is 63.4 Å². The Labute approximate surface area is 170 Å². The van der Waals surface area contributed by atoms with Gasteiger partial charge in [0.2, 0.25) is 0 Å². The fraction of sp³-hybridized carbons (Fsp3) is 0.591. The molecule has 0 aromatic carbocycles. The first-order valence-corrected chi connectivity index (χ1v) is 10.6. The topological polar surface area (TPSA) is 62.5 Å². The number of pyridine rings is 1. The molecule has 2 aromatic rings. The average Bonchev–Trinajstić information content (AvgIpc) is 3.22. The Morgan fingerprint density at radius 3 is 2.14 bits per heavy atom. The Balaban J connectivity index is 0.00000111. The number of anilines is 1. The number of aryl methyl sites for hydroxylation is 1. The highest BCUT2D eigenvalue weighted by Crippen LogP contribution is 2.14. The fourth-order valence-electron chi connectivity index (χ4n) is 2.66. The zero-order valence-electron chi connectivity index (χ0n) is 18.7. The predicted octanol–water partition coefficient (Wildman–Crippen LogP) is 4.63. The quantitative estimate of drug-likeness (QED) is 0.694. The maximum Gasteiger partial charge on any atom is 0.151 e. The lowest BCUT2D eigenvalue weighted by atomic mass is 10.2. The molecule has 28 heavy (non-hydrogen) atoms. The van der Waals surface area contributed by atoms with Crippen LogP contribution in [0.2, 0.25) is 0 Å². The summed E-state index contributed by atoms with van der Waals surface area (Å²) >= 11 is 0. The number of hydrogen-bond donors (Lipinski definition) is 0. The second kappa shape index (κ2) is 15.8. The SMILES string of the molecule is CC.CC.CC.Cc1cc(CCN2CCN(c3ccc(C=O)cn3)CC2)no1. The highest BCUT2D eigenvalue weighted by molar-refractivity contribution is 5.74. The minimum atomic E-state index is 0.616. The maximum atomic E-state index is 10.7. The molecule has 2 aromatic heterocycles. The third-order valence-electron chi connectivity index (χ3n) is 3.96. The van der Waals surface area contributed by atoms with Crippen LogP contribution < -0.4 is 4.90 Å². The lowest BCUT2D eigenvalue weighted by molar-refractivity contribution is 0.112. The number of rotatable bonds is 5. The second-order valence-electron chi connectivity index (χ2n) is 5.58. The van der Waals surface area contributed by atoms with Crippen LogP contribution in [0.15, 0.2) is 28.9 Å². The Morgan fingerprint density at radius 1 is 1.04 bits per heavy atom. The molecule has 158 valence electrons. The molecule has 0 spiro atoms. The van der Waals surface area contributed by atoms with Crippen molar-refractivity contribution in [1.82, 2.24) is 15.0 Å². The van der Waals surface area contributed by atoms with Crippen molar-refractivity contribution in [3.63, 3.8) is 0 Å². The van der Waals surface area contributed by atoms with Crippen molar-refractivity contribution >= 4 is 12.1 Å². The van der Waals surface area contributed by atoms with Crippen LogP contribution >= 0.6 is 0 Å². The van der Waals surface area contributed by atoms with Crippen LogP contribution in [-0.2, 0) is 6.42 Å². The minimum Gasteiger partial charge on any atom is -0.361 e. The molecule has 3 rings (SSSR count). The summed E-state index contributed by atoms with van der Waals surface area (Å²) in [6.07, 6.45) is 3.37. The maximum absolute atomic E-state index is 10.7. The van der Waals surface area contributed by atoms with E-state index in [1.54, 1.807) is 6.20 Å². The molecule has 0 radical (unpaired) electrons. The molecule has 0 N–H and O–H groups in total. The number of nitrogens with zero attached hydrogens (tertiary/aromatic N) is 4. The molecule has 0 aliphatic carbocycles. The number of aldehydes is 1. The summed E-state index contributed by atoms with van der Waals surface area (Å²) in [6.45, 7) is 18.8. The van der Waals surface area contributed by atoms with Gasteiger partial charge in [0.15, 0.2) is 6.29 Å². The molecular weight excluding hydrogens is 352 g/mol. The predicted molar refractivity (Wildman–Crippen MR) is 117 cm³/mol. The van der Waals surface area contributed by atoms with Crippen molar-refractivity contribution < 1.29 is 9.32 Å². The number of carbonyl (C=O) groups excluding carboxylic acids is 1. The standard InChI is InChI=1S/C16H20N4O2.3C2H6/c1-13-10-15(18-22-13)4-5-19-6-8-20(9-7-19)16-3-2-14(12-21)11-17-16;3*1-2/h2-3,10-12H,4-9H2,1H3;3*1-2H3. The summed E-state index contributed by atoms with van der Waals surface area (Å²) in [4.78, 5) is 19.7. The van der Waals surface area contributed by atoms with Crippen LogP contribution in [0.4, 0.5) is 5.82 Å². The molecule has 6 heteroatoms. The van der Waals surface area contributed by atoms with E-state index in [-0.39, 0.29) is 0 Å². The van der Waals surface area contributed by atoms with Gasteiger partial charge in [-0.2, -0.15) is 0 Å². The van der Waals surface area contributed by atoms with E-state index in [0.717, 1.165) is 62.7 Å². The Kier molecular flexibility index (Phi) is 14.6. The van der Waals surface area contributed by atoms with Crippen molar-refractivity contribution in [3.05, 3.63) is 41.4 Å². The summed E-state index contributed by atoms with van der Waals surface area (Å²) in [6, 6.07) is 5.72. The molecule has 0 bridgehead atoms. The van der Waals surface area contributed by atoms with Gasteiger partial charge in [0.1, 0.15) is 11.6 Å². The summed E-state index contributed by atoms with van der Waals surface area (Å²) < 4.78 is 5.09. The van der Waals surface area contributed by atoms with Crippen LogP contribution in [0, 0.1) is 6.92 Å². The molecule has 0 unspecified atom stereocenters. The lowest BCUT2D eigenvalue weighted by Gasteiger charge is -2.35. The van der Waals surface area contributed by atoms with Gasteiger partial charge in [-0.3, -0.25) is 9.69 Å². The van der Waals surface area contributed by atoms with Crippen molar-refractivity contribution in [2.24, 2.45) is 0 Å². The van der Waals surface area contributed by atoms with E-state index in [9.17, 15) is 4.79 Å². The fourth-order valence-corrected chi connectivity index (χ4v) is 2.66. The summed E-state index contributed by atoms with van der Waals surface area (Å²) in [5.41, 5.74) is 1.64. The lowest BCUT2D eigenvalue weighted by Crippen LogP contribution is -2.47. The Hall–Kier alpha value is -2.21. The Bertz CT molecular complexity index is 618. The highest BCUT2D eigenvalue weighted by Gasteiger charge is 2.18. The third kappa shape index (κ3) is 8.65. The van der Waals surface area contributed by atoms with Gasteiger partial charge in [-0.05, 0) is 19.1 Å². The van der Waals surface area contributed by atoms with Gasteiger partial charge >= 0.3 is 0 Å². The van der Waals surface area contributed by atoms with E-state index in [0.29, 0.717) is 5.56 Å². The highest BCUT2D eigenvalue weighted by atomic mass is 16.5. The smallest absolute Gasteiger partial charge is 0.151 e. The number of hydrogen-bond acceptors (Lipinski definition) is 6. The van der Waals surface area contributed by atoms with Crippen LogP contribution in [-0.4, -0.2) is 54.1 Å². The summed E-state index contributed by atoms with van der Waals surface area (Å²) in [5, 5.41) is 4.03. The molecular formula is C22H38N4O2. The van der Waals surface area contributed by atoms with Gasteiger partial charge in [-0.25, -0.2) is 4.98 Å². The molecule has 1 aliphatic rings. The summed E-state index contributed by atoms with van der Waals surface area (Å²) in [7, 11) is 0. The van der Waals surface area contributed by atoms with Crippen LogP contribution in [0.5, 0.6) is 0 Å². The van der Waals surface area contributed by atoms with Gasteiger partial charge in [0, 0.05) is 57.0 Å². The van der Waals surface area contributed by atoms with Gasteiger partial charge < -0.3 is 9.42 Å². The molecule has 3 heterocycles. The van der Waals surface area contributed by atoms with E-state index < -0.39 is 0 Å². The molecule has 1 saturated heterocycles. The largest absolute Gasteiger partial charge is 0.361 e. The molecule has 1 aliphatic heterocycles. The third-order valence-corrected chi connectivity index (χ3v) is 3.96. The van der Waals surface area contributed by atoms with Crippen molar-refractivity contribution in [2.45, 2.75) is 54.9 Å². The van der Waals surface area contributed by atoms with Gasteiger partial charge in [-0.1, -0.05) is 46.7 Å². The first kappa shape index (κ1) is 25.8. The second-order valence-corrected chi connectivity index (χ2v) is 5.58. The monoisotopic (exact) mass is 390 g/mol. The van der Waals surface area contributed by atoms with Crippen LogP contribution in [0.25, 0.3) is 0 Å². The molecule has 1 fully saturated rings. The average molecular weight is 391 g/mol. The van der Waals surface area contributed by atoms with Gasteiger partial charge in [-0.15, -0.1) is 0 Å². The summed E-state index contributed by atoms with van der Waals surface area (Å²) in [5.74, 6) is 1.81. The minimum absolute atomic E-state index is 0.616. The zero-order chi connectivity index (χ0) is 21.4. The van der Waals surface area contributed by atoms with Gasteiger partial charge in [0.25, 0.3) is 0 Å². The first-order valence-electron chi connectivity index (χ1n) is 10.6.